The molecule has 3 aromatic rings. The van der Waals surface area contributed by atoms with Gasteiger partial charge in [0.25, 0.3) is 0 Å². The van der Waals surface area contributed by atoms with Gasteiger partial charge in [0.15, 0.2) is 0 Å². The van der Waals surface area contributed by atoms with E-state index < -0.39 is 0 Å². The van der Waals surface area contributed by atoms with Gasteiger partial charge in [0.1, 0.15) is 11.5 Å². The zero-order valence-corrected chi connectivity index (χ0v) is 14.8. The molecule has 25 heavy (non-hydrogen) atoms. The van der Waals surface area contributed by atoms with Crippen LogP contribution >= 0.6 is 0 Å². The maximum atomic E-state index is 9.87. The highest BCUT2D eigenvalue weighted by atomic mass is 16.3. The average Bonchev–Trinajstić information content (AvgIpc) is 2.61. The Morgan fingerprint density at radius 2 is 1.04 bits per heavy atom. The van der Waals surface area contributed by atoms with Crippen molar-refractivity contribution in [3.63, 3.8) is 0 Å². The molecule has 2 N–H and O–H groups in total. The van der Waals surface area contributed by atoms with E-state index in [-0.39, 0.29) is 0 Å². The van der Waals surface area contributed by atoms with E-state index in [1.165, 1.54) is 22.3 Å². The van der Waals surface area contributed by atoms with Crippen LogP contribution in [0.15, 0.2) is 60.7 Å². The fourth-order valence-corrected chi connectivity index (χ4v) is 3.15. The molecule has 0 aliphatic rings. The van der Waals surface area contributed by atoms with Crippen molar-refractivity contribution in [3.05, 3.63) is 94.0 Å². The highest BCUT2D eigenvalue weighted by Gasteiger charge is 2.04. The van der Waals surface area contributed by atoms with Crippen LogP contribution in [-0.4, -0.2) is 10.2 Å². The summed E-state index contributed by atoms with van der Waals surface area (Å²) in [6, 6.07) is 20.2. The Hall–Kier alpha value is -2.74. The minimum atomic E-state index is 0.304. The first kappa shape index (κ1) is 17.1. The molecule has 0 saturated heterocycles. The fourth-order valence-electron chi connectivity index (χ4n) is 3.15. The molecule has 3 rings (SSSR count). The Bertz CT molecular complexity index is 823. The second-order valence-corrected chi connectivity index (χ2v) is 6.74. The highest BCUT2D eigenvalue weighted by molar-refractivity contribution is 5.42. The number of rotatable bonds is 5. The van der Waals surface area contributed by atoms with E-state index in [1.54, 1.807) is 12.1 Å². The molecule has 0 unspecified atom stereocenters. The monoisotopic (exact) mass is 332 g/mol. The first-order valence-electron chi connectivity index (χ1n) is 8.66. The molecule has 0 spiro atoms. The van der Waals surface area contributed by atoms with E-state index in [1.807, 2.05) is 26.0 Å². The van der Waals surface area contributed by atoms with Crippen LogP contribution < -0.4 is 0 Å². The molecule has 0 radical (unpaired) electrons. The normalized spacial score (nSPS) is 10.8. The van der Waals surface area contributed by atoms with Gasteiger partial charge in [-0.2, -0.15) is 0 Å². The summed E-state index contributed by atoms with van der Waals surface area (Å²) in [6.07, 6.45) is 2.83. The van der Waals surface area contributed by atoms with Gasteiger partial charge >= 0.3 is 0 Å². The first-order valence-corrected chi connectivity index (χ1v) is 8.66. The van der Waals surface area contributed by atoms with Gasteiger partial charge in [-0.1, -0.05) is 48.5 Å². The van der Waals surface area contributed by atoms with Crippen molar-refractivity contribution in [1.82, 2.24) is 0 Å². The SMILES string of the molecule is Cc1cc(CCc2ccc(Cc3ccc(O)cc3)cc2)cc(C)c1O. The predicted octanol–water partition coefficient (Wildman–Crippen LogP) is 5.09. The van der Waals surface area contributed by atoms with Gasteiger partial charge in [-0.3, -0.25) is 0 Å². The minimum Gasteiger partial charge on any atom is -0.508 e. The molecule has 3 aromatic carbocycles. The van der Waals surface area contributed by atoms with Crippen LogP contribution in [-0.2, 0) is 19.3 Å². The maximum absolute atomic E-state index is 9.87. The maximum Gasteiger partial charge on any atom is 0.121 e. The van der Waals surface area contributed by atoms with Gasteiger partial charge in [-0.25, -0.2) is 0 Å². The topological polar surface area (TPSA) is 40.5 Å². The molecule has 0 aliphatic heterocycles. The van der Waals surface area contributed by atoms with E-state index in [4.69, 9.17) is 0 Å². The lowest BCUT2D eigenvalue weighted by Crippen LogP contribution is -1.95. The van der Waals surface area contributed by atoms with Gasteiger partial charge in [-0.05, 0) is 78.6 Å². The zero-order valence-electron chi connectivity index (χ0n) is 14.8. The van der Waals surface area contributed by atoms with Gasteiger partial charge in [0, 0.05) is 0 Å². The second-order valence-electron chi connectivity index (χ2n) is 6.74. The largest absolute Gasteiger partial charge is 0.508 e. The Morgan fingerprint density at radius 3 is 1.60 bits per heavy atom. The number of hydrogen-bond acceptors (Lipinski definition) is 2. The molecule has 2 nitrogen and oxygen atoms in total. The number of aryl methyl sites for hydroxylation is 4. The molecule has 0 heterocycles. The third-order valence-electron chi connectivity index (χ3n) is 4.62. The van der Waals surface area contributed by atoms with Crippen molar-refractivity contribution in [2.75, 3.05) is 0 Å². The molecule has 2 heteroatoms. The van der Waals surface area contributed by atoms with E-state index in [2.05, 4.69) is 36.4 Å². The molecule has 0 bridgehead atoms. The molecule has 128 valence electrons. The third-order valence-corrected chi connectivity index (χ3v) is 4.62. The Morgan fingerprint density at radius 1 is 0.600 bits per heavy atom. The summed E-state index contributed by atoms with van der Waals surface area (Å²) in [5.41, 5.74) is 6.93. The quantitative estimate of drug-likeness (QED) is 0.683. The highest BCUT2D eigenvalue weighted by Crippen LogP contribution is 2.24. The summed E-state index contributed by atoms with van der Waals surface area (Å²) in [5, 5.41) is 19.2. The van der Waals surface area contributed by atoms with Gasteiger partial charge < -0.3 is 10.2 Å². The van der Waals surface area contributed by atoms with Crippen LogP contribution in [0.5, 0.6) is 11.5 Å². The Kier molecular flexibility index (Phi) is 5.08. The van der Waals surface area contributed by atoms with Crippen molar-refractivity contribution in [2.24, 2.45) is 0 Å². The number of phenols is 2. The van der Waals surface area contributed by atoms with E-state index >= 15 is 0 Å². The summed E-state index contributed by atoms with van der Waals surface area (Å²) in [6.45, 7) is 3.90. The summed E-state index contributed by atoms with van der Waals surface area (Å²) < 4.78 is 0. The second kappa shape index (κ2) is 7.43. The van der Waals surface area contributed by atoms with Crippen LogP contribution in [0.1, 0.15) is 33.4 Å². The molecule has 0 atom stereocenters. The third kappa shape index (κ3) is 4.42. The van der Waals surface area contributed by atoms with Crippen LogP contribution in [0.4, 0.5) is 0 Å². The molecular formula is C23H24O2. The van der Waals surface area contributed by atoms with Crippen LogP contribution in [0.3, 0.4) is 0 Å². The summed E-state index contributed by atoms with van der Waals surface area (Å²) in [4.78, 5) is 0. The standard InChI is InChI=1S/C23H24O2/c1-16-13-21(14-17(2)23(16)25)8-5-18-3-6-19(7-4-18)15-20-9-11-22(24)12-10-20/h3-4,6-7,9-14,24-25H,5,8,15H2,1-2H3. The lowest BCUT2D eigenvalue weighted by atomic mass is 9.98. The lowest BCUT2D eigenvalue weighted by Gasteiger charge is -2.09. The average molecular weight is 332 g/mol. The molecular weight excluding hydrogens is 308 g/mol. The van der Waals surface area contributed by atoms with E-state index in [9.17, 15) is 10.2 Å². The minimum absolute atomic E-state index is 0.304. The van der Waals surface area contributed by atoms with Gasteiger partial charge in [0.2, 0.25) is 0 Å². The molecule has 0 fully saturated rings. The van der Waals surface area contributed by atoms with Crippen LogP contribution in [0, 0.1) is 13.8 Å². The summed E-state index contributed by atoms with van der Waals surface area (Å²) >= 11 is 0. The van der Waals surface area contributed by atoms with Crippen molar-refractivity contribution in [2.45, 2.75) is 33.1 Å². The van der Waals surface area contributed by atoms with E-state index in [0.29, 0.717) is 11.5 Å². The Balaban J connectivity index is 1.62. The Labute approximate surface area is 149 Å². The number of phenolic OH excluding ortho intramolecular Hbond substituents is 2. The fraction of sp³-hybridized carbons (Fsp3) is 0.217. The van der Waals surface area contributed by atoms with Crippen LogP contribution in [0.25, 0.3) is 0 Å². The van der Waals surface area contributed by atoms with Gasteiger partial charge in [0.05, 0.1) is 0 Å². The zero-order chi connectivity index (χ0) is 17.8. The van der Waals surface area contributed by atoms with Crippen molar-refractivity contribution < 1.29 is 10.2 Å². The van der Waals surface area contributed by atoms with Crippen molar-refractivity contribution >= 4 is 0 Å². The summed E-state index contributed by atoms with van der Waals surface area (Å²) in [5.74, 6) is 0.709. The lowest BCUT2D eigenvalue weighted by molar-refractivity contribution is 0.466. The summed E-state index contributed by atoms with van der Waals surface area (Å²) in [7, 11) is 0. The molecule has 0 aromatic heterocycles. The predicted molar refractivity (Wildman–Crippen MR) is 102 cm³/mol. The van der Waals surface area contributed by atoms with Crippen molar-refractivity contribution in [1.29, 1.82) is 0 Å². The number of benzene rings is 3. The smallest absolute Gasteiger partial charge is 0.121 e. The van der Waals surface area contributed by atoms with E-state index in [0.717, 1.165) is 30.4 Å². The molecule has 0 aliphatic carbocycles. The number of aromatic hydroxyl groups is 2. The van der Waals surface area contributed by atoms with Crippen LogP contribution in [0.2, 0.25) is 0 Å². The molecule has 0 amide bonds. The van der Waals surface area contributed by atoms with Gasteiger partial charge in [-0.15, -0.1) is 0 Å². The number of hydrogen-bond donors (Lipinski definition) is 2. The van der Waals surface area contributed by atoms with Crippen molar-refractivity contribution in [3.8, 4) is 11.5 Å². The molecule has 0 saturated carbocycles. The first-order chi connectivity index (χ1) is 12.0.